The first-order valence-corrected chi connectivity index (χ1v) is 13.8. The van der Waals surface area contributed by atoms with E-state index >= 15 is 0 Å². The van der Waals surface area contributed by atoms with Gasteiger partial charge in [0.2, 0.25) is 0 Å². The maximum absolute atomic E-state index is 4.80. The monoisotopic (exact) mass is 490 g/mol. The van der Waals surface area contributed by atoms with E-state index in [1.165, 1.54) is 22.3 Å². The Labute approximate surface area is 220 Å². The van der Waals surface area contributed by atoms with E-state index < -0.39 is 0 Å². The van der Waals surface area contributed by atoms with Gasteiger partial charge in [0.05, 0.1) is 0 Å². The zero-order valence-corrected chi connectivity index (χ0v) is 24.4. The number of benzene rings is 2. The van der Waals surface area contributed by atoms with Gasteiger partial charge in [0, 0.05) is 36.6 Å². The Morgan fingerprint density at radius 2 is 1.28 bits per heavy atom. The molecule has 2 atom stereocenters. The molecule has 1 saturated heterocycles. The zero-order chi connectivity index (χ0) is 26.7. The fourth-order valence-electron chi connectivity index (χ4n) is 5.01. The van der Waals surface area contributed by atoms with Crippen molar-refractivity contribution < 1.29 is 0 Å². The Bertz CT molecular complexity index is 931. The predicted octanol–water partition coefficient (Wildman–Crippen LogP) is 6.50. The summed E-state index contributed by atoms with van der Waals surface area (Å²) in [5, 5.41) is 11.1. The van der Waals surface area contributed by atoms with Gasteiger partial charge in [-0.05, 0) is 67.2 Å². The highest BCUT2D eigenvalue weighted by Crippen LogP contribution is 2.35. The molecule has 1 heterocycles. The Hall–Kier alpha value is -2.33. The molecule has 0 spiro atoms. The molecule has 3 rings (SSSR count). The fraction of sp³-hybridized carbons (Fsp3) is 0.594. The van der Waals surface area contributed by atoms with E-state index in [1.807, 2.05) is 0 Å². The van der Waals surface area contributed by atoms with Crippen LogP contribution >= 0.6 is 0 Å². The van der Waals surface area contributed by atoms with Crippen LogP contribution in [0.3, 0.4) is 0 Å². The number of nitrogens with one attached hydrogen (secondary N) is 3. The highest BCUT2D eigenvalue weighted by atomic mass is 15.2. The minimum atomic E-state index is 0.151. The number of guanidine groups is 1. The summed E-state index contributed by atoms with van der Waals surface area (Å²) in [6.07, 6.45) is 1.05. The van der Waals surface area contributed by atoms with Gasteiger partial charge in [-0.3, -0.25) is 4.99 Å². The first kappa shape index (κ1) is 28.2. The summed E-state index contributed by atoms with van der Waals surface area (Å²) < 4.78 is 0. The summed E-state index contributed by atoms with van der Waals surface area (Å²) in [4.78, 5) is 4.80. The molecule has 0 amide bonds. The summed E-state index contributed by atoms with van der Waals surface area (Å²) in [5.74, 6) is 1.21. The van der Waals surface area contributed by atoms with E-state index in [4.69, 9.17) is 4.99 Å². The molecule has 4 nitrogen and oxygen atoms in total. The van der Waals surface area contributed by atoms with E-state index in [-0.39, 0.29) is 16.9 Å². The predicted molar refractivity (Wildman–Crippen MR) is 156 cm³/mol. The number of aliphatic imine (C=N–C) groups is 1. The Morgan fingerprint density at radius 3 is 1.67 bits per heavy atom. The first-order chi connectivity index (χ1) is 16.7. The highest BCUT2D eigenvalue weighted by Gasteiger charge is 2.33. The Balaban J connectivity index is 1.89. The fourth-order valence-corrected chi connectivity index (χ4v) is 5.01. The Morgan fingerprint density at radius 1 is 0.806 bits per heavy atom. The molecule has 0 aliphatic carbocycles. The molecule has 0 unspecified atom stereocenters. The van der Waals surface area contributed by atoms with Gasteiger partial charge in [-0.2, -0.15) is 0 Å². The van der Waals surface area contributed by atoms with Crippen LogP contribution in [0.1, 0.15) is 104 Å². The molecular formula is C32H50N4. The molecule has 0 aromatic heterocycles. The summed E-state index contributed by atoms with van der Waals surface area (Å²) in [6, 6.07) is 19.9. The van der Waals surface area contributed by atoms with Crippen molar-refractivity contribution in [2.45, 2.75) is 117 Å². The minimum Gasteiger partial charge on any atom is -0.354 e. The van der Waals surface area contributed by atoms with Crippen molar-refractivity contribution in [2.24, 2.45) is 4.99 Å². The van der Waals surface area contributed by atoms with E-state index in [0.29, 0.717) is 24.0 Å². The number of nitrogens with zero attached hydrogens (tertiary/aromatic N) is 1. The van der Waals surface area contributed by atoms with Gasteiger partial charge in [0.1, 0.15) is 0 Å². The topological polar surface area (TPSA) is 48.5 Å². The number of rotatable bonds is 6. The van der Waals surface area contributed by atoms with E-state index in [2.05, 4.69) is 134 Å². The van der Waals surface area contributed by atoms with Gasteiger partial charge in [0.15, 0.2) is 5.96 Å². The summed E-state index contributed by atoms with van der Waals surface area (Å²) in [6.45, 7) is 23.2. The third-order valence-electron chi connectivity index (χ3n) is 6.99. The van der Waals surface area contributed by atoms with Crippen LogP contribution in [0.5, 0.6) is 0 Å². The van der Waals surface area contributed by atoms with Crippen LogP contribution in [0, 0.1) is 0 Å². The van der Waals surface area contributed by atoms with Crippen LogP contribution in [0.25, 0.3) is 0 Å². The lowest BCUT2D eigenvalue weighted by molar-refractivity contribution is 0.527. The van der Waals surface area contributed by atoms with Gasteiger partial charge in [-0.15, -0.1) is 0 Å². The quantitative estimate of drug-likeness (QED) is 0.320. The molecule has 1 aliphatic heterocycles. The second-order valence-corrected chi connectivity index (χ2v) is 13.2. The van der Waals surface area contributed by atoms with Crippen molar-refractivity contribution >= 4 is 5.96 Å². The molecule has 36 heavy (non-hydrogen) atoms. The average molecular weight is 491 g/mol. The van der Waals surface area contributed by atoms with E-state index in [1.54, 1.807) is 0 Å². The third-order valence-corrected chi connectivity index (χ3v) is 6.99. The summed E-state index contributed by atoms with van der Waals surface area (Å²) >= 11 is 0. The van der Waals surface area contributed by atoms with Crippen LogP contribution in [-0.4, -0.2) is 36.7 Å². The van der Waals surface area contributed by atoms with Crippen LogP contribution in [0.4, 0.5) is 0 Å². The van der Waals surface area contributed by atoms with Crippen LogP contribution in [-0.2, 0) is 10.8 Å². The second kappa shape index (κ2) is 11.4. The highest BCUT2D eigenvalue weighted by molar-refractivity contribution is 5.80. The molecule has 4 heteroatoms. The lowest BCUT2D eigenvalue weighted by atomic mass is 9.80. The van der Waals surface area contributed by atoms with Crippen molar-refractivity contribution in [1.82, 2.24) is 16.0 Å². The second-order valence-electron chi connectivity index (χ2n) is 13.2. The molecule has 1 fully saturated rings. The smallest absolute Gasteiger partial charge is 0.191 e. The minimum absolute atomic E-state index is 0.151. The van der Waals surface area contributed by atoms with Gasteiger partial charge in [-0.1, -0.05) is 90.1 Å². The normalized spacial score (nSPS) is 19.4. The third kappa shape index (κ3) is 7.59. The Kier molecular flexibility index (Phi) is 8.93. The standard InChI is InChI=1S/C32H50N4/c1-21(2)34-30(35-22(3)4)36-27-19-28(33-20-27)29(23-11-15-25(16-12-23)31(5,6)7)24-13-17-26(18-14-24)32(8,9)10/h11-18,21-22,27-29,33H,19-20H2,1-10H3,(H2,34,35,36)/t27-,28-/m1/s1. The van der Waals surface area contributed by atoms with Crippen molar-refractivity contribution in [2.75, 3.05) is 6.54 Å². The van der Waals surface area contributed by atoms with Crippen LogP contribution in [0.15, 0.2) is 53.5 Å². The molecular weight excluding hydrogens is 440 g/mol. The maximum Gasteiger partial charge on any atom is 0.191 e. The van der Waals surface area contributed by atoms with Crippen molar-refractivity contribution in [3.05, 3.63) is 70.8 Å². The molecule has 1 aliphatic rings. The van der Waals surface area contributed by atoms with Crippen molar-refractivity contribution in [3.8, 4) is 0 Å². The number of hydrogen-bond acceptors (Lipinski definition) is 2. The van der Waals surface area contributed by atoms with Gasteiger partial charge >= 0.3 is 0 Å². The maximum atomic E-state index is 4.80. The van der Waals surface area contributed by atoms with Crippen LogP contribution in [0.2, 0.25) is 0 Å². The summed E-state index contributed by atoms with van der Waals surface area (Å²) in [7, 11) is 0. The van der Waals surface area contributed by atoms with Gasteiger partial charge in [-0.25, -0.2) is 0 Å². The van der Waals surface area contributed by atoms with Crippen LogP contribution < -0.4 is 16.0 Å². The molecule has 0 saturated carbocycles. The van der Waals surface area contributed by atoms with Gasteiger partial charge in [0.25, 0.3) is 0 Å². The first-order valence-electron chi connectivity index (χ1n) is 13.8. The molecule has 0 radical (unpaired) electrons. The lowest BCUT2D eigenvalue weighted by Crippen LogP contribution is -2.47. The number of hydrogen-bond donors (Lipinski definition) is 3. The van der Waals surface area contributed by atoms with E-state index in [0.717, 1.165) is 18.9 Å². The van der Waals surface area contributed by atoms with Crippen molar-refractivity contribution in [1.29, 1.82) is 0 Å². The molecule has 2 aromatic rings. The lowest BCUT2D eigenvalue weighted by Gasteiger charge is -2.28. The summed E-state index contributed by atoms with van der Waals surface area (Å²) in [5.41, 5.74) is 5.81. The van der Waals surface area contributed by atoms with Crippen molar-refractivity contribution in [3.63, 3.8) is 0 Å². The molecule has 198 valence electrons. The average Bonchev–Trinajstić information content (AvgIpc) is 3.20. The SMILES string of the molecule is CC(C)/N=C(\NC(C)C)N[C@H]1CN[C@@H](C(c2ccc(C(C)(C)C)cc2)c2ccc(C(C)(C)C)cc2)C1. The molecule has 0 bridgehead atoms. The largest absolute Gasteiger partial charge is 0.354 e. The zero-order valence-electron chi connectivity index (χ0n) is 24.4. The molecule has 3 N–H and O–H groups in total. The molecule has 2 aromatic carbocycles. The van der Waals surface area contributed by atoms with Gasteiger partial charge < -0.3 is 16.0 Å². The van der Waals surface area contributed by atoms with E-state index in [9.17, 15) is 0 Å².